The van der Waals surface area contributed by atoms with Crippen LogP contribution in [0.2, 0.25) is 0 Å². The van der Waals surface area contributed by atoms with Crippen LogP contribution in [-0.2, 0) is 23.7 Å². The Balaban J connectivity index is 1.93. The van der Waals surface area contributed by atoms with E-state index in [1.54, 1.807) is 0 Å². The van der Waals surface area contributed by atoms with E-state index in [1.807, 2.05) is 0 Å². The molecule has 0 aromatic rings. The highest BCUT2D eigenvalue weighted by atomic mass is 16.8. The molecule has 11 N–H and O–H groups in total. The van der Waals surface area contributed by atoms with Crippen LogP contribution >= 0.6 is 0 Å². The van der Waals surface area contributed by atoms with E-state index in [1.165, 1.54) is 0 Å². The molecule has 0 radical (unpaired) electrons. The zero-order chi connectivity index (χ0) is 25.4. The molecule has 200 valence electrons. The van der Waals surface area contributed by atoms with Gasteiger partial charge in [0.2, 0.25) is 11.6 Å². The van der Waals surface area contributed by atoms with Gasteiger partial charge in [-0.2, -0.15) is 0 Å². The number of hydrogen-bond acceptors (Lipinski definition) is 16. The third-order valence-corrected chi connectivity index (χ3v) is 6.27. The maximum absolute atomic E-state index is 10.7. The quantitative estimate of drug-likeness (QED) is 0.139. The molecule has 34 heavy (non-hydrogen) atoms. The Bertz CT molecular complexity index is 668. The van der Waals surface area contributed by atoms with Gasteiger partial charge in [0.05, 0.1) is 19.8 Å². The predicted molar refractivity (Wildman–Crippen MR) is 101 cm³/mol. The summed E-state index contributed by atoms with van der Waals surface area (Å²) in [7, 11) is 0. The number of aliphatic hydroxyl groups is 11. The second-order valence-electron chi connectivity index (χ2n) is 8.40. The Morgan fingerprint density at radius 2 is 1.09 bits per heavy atom. The third kappa shape index (κ3) is 4.59. The summed E-state index contributed by atoms with van der Waals surface area (Å²) in [5, 5.41) is 110. The van der Waals surface area contributed by atoms with E-state index < -0.39 is 112 Å². The first-order valence-electron chi connectivity index (χ1n) is 10.5. The summed E-state index contributed by atoms with van der Waals surface area (Å²) in [5.74, 6) is -4.95. The molecule has 16 nitrogen and oxygen atoms in total. The fraction of sp³-hybridized carbons (Fsp3) is 1.00. The fourth-order valence-corrected chi connectivity index (χ4v) is 4.26. The van der Waals surface area contributed by atoms with Crippen molar-refractivity contribution < 1.29 is 79.9 Å². The molecule has 3 aliphatic heterocycles. The average Bonchev–Trinajstić information content (AvgIpc) is 3.25. The summed E-state index contributed by atoms with van der Waals surface area (Å²) in [6.07, 6.45) is -19.1. The van der Waals surface area contributed by atoms with Crippen LogP contribution in [0.3, 0.4) is 0 Å². The van der Waals surface area contributed by atoms with Crippen molar-refractivity contribution in [2.75, 3.05) is 33.0 Å². The van der Waals surface area contributed by atoms with Crippen molar-refractivity contribution in [2.45, 2.75) is 78.9 Å². The van der Waals surface area contributed by atoms with Gasteiger partial charge < -0.3 is 79.9 Å². The van der Waals surface area contributed by atoms with Crippen molar-refractivity contribution in [1.82, 2.24) is 0 Å². The molecule has 16 heteroatoms. The van der Waals surface area contributed by atoms with Crippen molar-refractivity contribution in [3.63, 3.8) is 0 Å². The smallest absolute Gasteiger partial charge is 0.224 e. The summed E-state index contributed by atoms with van der Waals surface area (Å²) in [4.78, 5) is 0. The van der Waals surface area contributed by atoms with Crippen molar-refractivity contribution in [2.24, 2.45) is 0 Å². The largest absolute Gasteiger partial charge is 0.394 e. The summed E-state index contributed by atoms with van der Waals surface area (Å²) >= 11 is 0. The number of aliphatic hydroxyl groups excluding tert-OH is 11. The standard InChI is InChI=1S/C18H32O16/c19-1-6-9(24)12(27)13(28)16(30-6)34-18(5-23)15(11(26)8(3-21)32-18)33-17(4-22)14(29)10(25)7(2-20)31-17/h6-16,19-29H,1-5H2. The van der Waals surface area contributed by atoms with E-state index in [0.717, 1.165) is 0 Å². The van der Waals surface area contributed by atoms with E-state index in [4.69, 9.17) is 23.7 Å². The number of rotatable bonds is 9. The topological polar surface area (TPSA) is 269 Å². The summed E-state index contributed by atoms with van der Waals surface area (Å²) in [5.41, 5.74) is 0. The summed E-state index contributed by atoms with van der Waals surface area (Å²) in [6, 6.07) is 0. The van der Waals surface area contributed by atoms with Gasteiger partial charge in [0, 0.05) is 0 Å². The molecule has 13 unspecified atom stereocenters. The van der Waals surface area contributed by atoms with Gasteiger partial charge in [0.15, 0.2) is 6.29 Å². The van der Waals surface area contributed by atoms with E-state index in [2.05, 4.69) is 0 Å². The van der Waals surface area contributed by atoms with Gasteiger partial charge >= 0.3 is 0 Å². The minimum absolute atomic E-state index is 0.779. The monoisotopic (exact) mass is 504 g/mol. The molecule has 3 heterocycles. The maximum Gasteiger partial charge on any atom is 0.224 e. The van der Waals surface area contributed by atoms with Crippen molar-refractivity contribution in [1.29, 1.82) is 0 Å². The average molecular weight is 504 g/mol. The van der Waals surface area contributed by atoms with Gasteiger partial charge in [-0.3, -0.25) is 0 Å². The molecular formula is C18H32O16. The van der Waals surface area contributed by atoms with Crippen LogP contribution in [0.4, 0.5) is 0 Å². The molecule has 3 saturated heterocycles. The molecule has 0 aromatic heterocycles. The van der Waals surface area contributed by atoms with Gasteiger partial charge in [-0.05, 0) is 0 Å². The maximum atomic E-state index is 10.7. The van der Waals surface area contributed by atoms with Crippen LogP contribution in [0.25, 0.3) is 0 Å². The second kappa shape index (κ2) is 10.8. The number of ether oxygens (including phenoxy) is 5. The predicted octanol–water partition coefficient (Wildman–Crippen LogP) is -7.57. The zero-order valence-corrected chi connectivity index (χ0v) is 17.8. The Morgan fingerprint density at radius 1 is 0.559 bits per heavy atom. The highest BCUT2D eigenvalue weighted by Crippen LogP contribution is 2.42. The Morgan fingerprint density at radius 3 is 1.59 bits per heavy atom. The van der Waals surface area contributed by atoms with E-state index in [-0.39, 0.29) is 0 Å². The minimum Gasteiger partial charge on any atom is -0.394 e. The van der Waals surface area contributed by atoms with Gasteiger partial charge in [-0.15, -0.1) is 0 Å². The molecule has 0 saturated carbocycles. The first kappa shape index (κ1) is 27.9. The van der Waals surface area contributed by atoms with Crippen LogP contribution in [0, 0.1) is 0 Å². The molecule has 13 atom stereocenters. The van der Waals surface area contributed by atoms with Crippen LogP contribution in [0.15, 0.2) is 0 Å². The third-order valence-electron chi connectivity index (χ3n) is 6.27. The van der Waals surface area contributed by atoms with Gasteiger partial charge in [-0.25, -0.2) is 0 Å². The summed E-state index contributed by atoms with van der Waals surface area (Å²) in [6.45, 7) is -4.68. The Hall–Kier alpha value is -0.640. The van der Waals surface area contributed by atoms with Crippen molar-refractivity contribution in [3.05, 3.63) is 0 Å². The minimum atomic E-state index is -2.49. The molecule has 0 aliphatic carbocycles. The molecule has 0 spiro atoms. The number of hydrogen-bond donors (Lipinski definition) is 11. The first-order chi connectivity index (χ1) is 16.0. The lowest BCUT2D eigenvalue weighted by atomic mass is 9.98. The normalized spacial score (nSPS) is 51.8. The molecule has 3 rings (SSSR count). The van der Waals surface area contributed by atoms with E-state index in [0.29, 0.717) is 0 Å². The molecular weight excluding hydrogens is 472 g/mol. The second-order valence-corrected chi connectivity index (χ2v) is 8.40. The van der Waals surface area contributed by atoms with Crippen LogP contribution in [0.5, 0.6) is 0 Å². The molecule has 0 amide bonds. The lowest BCUT2D eigenvalue weighted by molar-refractivity contribution is -0.403. The van der Waals surface area contributed by atoms with Crippen molar-refractivity contribution in [3.8, 4) is 0 Å². The van der Waals surface area contributed by atoms with E-state index in [9.17, 15) is 56.2 Å². The SMILES string of the molecule is OCC1OC(OC2(CO)OC(CO)C(O)C2OC2(CO)OC(CO)C(O)C2O)C(O)C(O)C1O. The lowest BCUT2D eigenvalue weighted by Crippen LogP contribution is -2.64. The molecule has 3 fully saturated rings. The Labute approximate surface area is 192 Å². The van der Waals surface area contributed by atoms with E-state index >= 15 is 0 Å². The summed E-state index contributed by atoms with van der Waals surface area (Å²) < 4.78 is 27.1. The first-order valence-corrected chi connectivity index (χ1v) is 10.5. The zero-order valence-electron chi connectivity index (χ0n) is 17.8. The Kier molecular flexibility index (Phi) is 8.85. The van der Waals surface area contributed by atoms with Crippen molar-refractivity contribution >= 4 is 0 Å². The van der Waals surface area contributed by atoms with Gasteiger partial charge in [-0.1, -0.05) is 0 Å². The lowest BCUT2D eigenvalue weighted by Gasteiger charge is -2.45. The fourth-order valence-electron chi connectivity index (χ4n) is 4.26. The van der Waals surface area contributed by atoms with Gasteiger partial charge in [0.25, 0.3) is 0 Å². The van der Waals surface area contributed by atoms with Crippen LogP contribution in [0.1, 0.15) is 0 Å². The highest BCUT2D eigenvalue weighted by molar-refractivity contribution is 5.04. The van der Waals surface area contributed by atoms with Crippen LogP contribution < -0.4 is 0 Å². The highest BCUT2D eigenvalue weighted by Gasteiger charge is 2.64. The van der Waals surface area contributed by atoms with Gasteiger partial charge in [0.1, 0.15) is 74.3 Å². The molecule has 3 aliphatic rings. The van der Waals surface area contributed by atoms with Crippen LogP contribution in [-0.4, -0.2) is 168 Å². The molecule has 0 aromatic carbocycles. The molecule has 0 bridgehead atoms.